The summed E-state index contributed by atoms with van der Waals surface area (Å²) in [5.41, 5.74) is 1.68. The van der Waals surface area contributed by atoms with Crippen LogP contribution >= 0.6 is 0 Å². The topological polar surface area (TPSA) is 35.5 Å². The molecule has 1 aromatic carbocycles. The highest BCUT2D eigenvalue weighted by atomic mass is 19.1. The van der Waals surface area contributed by atoms with Gasteiger partial charge in [0.25, 0.3) is 0 Å². The summed E-state index contributed by atoms with van der Waals surface area (Å²) in [4.78, 5) is 2.09. The Bertz CT molecular complexity index is 462. The van der Waals surface area contributed by atoms with Crippen molar-refractivity contribution in [2.75, 3.05) is 24.6 Å². The van der Waals surface area contributed by atoms with Gasteiger partial charge in [0.05, 0.1) is 5.69 Å². The van der Waals surface area contributed by atoms with Crippen molar-refractivity contribution >= 4 is 5.69 Å². The molecule has 0 spiro atoms. The number of aliphatic hydroxyl groups is 1. The van der Waals surface area contributed by atoms with E-state index >= 15 is 0 Å². The fourth-order valence-electron chi connectivity index (χ4n) is 2.64. The van der Waals surface area contributed by atoms with Gasteiger partial charge in [0.1, 0.15) is 5.82 Å². The zero-order valence-corrected chi connectivity index (χ0v) is 13.3. The van der Waals surface area contributed by atoms with E-state index in [-0.39, 0.29) is 18.0 Å². The number of aliphatic hydroxyl groups excluding tert-OH is 1. The minimum absolute atomic E-state index is 0.0291. The van der Waals surface area contributed by atoms with Crippen LogP contribution < -0.4 is 10.2 Å². The molecule has 0 atom stereocenters. The fraction of sp³-hybridized carbons (Fsp3) is 0.647. The summed E-state index contributed by atoms with van der Waals surface area (Å²) in [6.07, 6.45) is 1.87. The summed E-state index contributed by atoms with van der Waals surface area (Å²) in [6.45, 7) is 8.86. The molecule has 1 aliphatic rings. The van der Waals surface area contributed by atoms with Crippen molar-refractivity contribution in [3.63, 3.8) is 0 Å². The van der Waals surface area contributed by atoms with Gasteiger partial charge in [-0.15, -0.1) is 0 Å². The van der Waals surface area contributed by atoms with Crippen LogP contribution in [0.5, 0.6) is 0 Å². The Labute approximate surface area is 127 Å². The number of piperidine rings is 1. The Hall–Kier alpha value is -1.13. The van der Waals surface area contributed by atoms with Gasteiger partial charge in [-0.05, 0) is 57.2 Å². The molecule has 0 amide bonds. The third-order valence-corrected chi connectivity index (χ3v) is 4.05. The van der Waals surface area contributed by atoms with E-state index in [9.17, 15) is 4.39 Å². The normalized spacial score (nSPS) is 17.3. The van der Waals surface area contributed by atoms with E-state index in [2.05, 4.69) is 31.0 Å². The lowest BCUT2D eigenvalue weighted by molar-refractivity contribution is 0.203. The third kappa shape index (κ3) is 4.68. The van der Waals surface area contributed by atoms with Crippen LogP contribution in [0.2, 0.25) is 0 Å². The van der Waals surface area contributed by atoms with Crippen LogP contribution in [0.3, 0.4) is 0 Å². The zero-order chi connectivity index (χ0) is 15.5. The lowest BCUT2D eigenvalue weighted by atomic mass is 9.97. The molecule has 118 valence electrons. The van der Waals surface area contributed by atoms with Crippen molar-refractivity contribution in [1.82, 2.24) is 5.32 Å². The molecule has 0 saturated carbocycles. The molecule has 4 heteroatoms. The van der Waals surface area contributed by atoms with Crippen LogP contribution in [-0.2, 0) is 6.54 Å². The van der Waals surface area contributed by atoms with Crippen LogP contribution in [0, 0.1) is 11.7 Å². The van der Waals surface area contributed by atoms with Crippen LogP contribution in [0.4, 0.5) is 10.1 Å². The molecule has 1 aliphatic heterocycles. The lowest BCUT2D eigenvalue weighted by Gasteiger charge is -2.33. The maximum absolute atomic E-state index is 14.3. The molecule has 0 unspecified atom stereocenters. The summed E-state index contributed by atoms with van der Waals surface area (Å²) in [7, 11) is 0. The Morgan fingerprint density at radius 3 is 2.48 bits per heavy atom. The largest absolute Gasteiger partial charge is 0.396 e. The number of nitrogens with zero attached hydrogens (tertiary/aromatic N) is 1. The molecule has 0 radical (unpaired) electrons. The average molecular weight is 294 g/mol. The first-order chi connectivity index (χ1) is 9.89. The maximum atomic E-state index is 14.3. The van der Waals surface area contributed by atoms with Gasteiger partial charge >= 0.3 is 0 Å². The molecule has 21 heavy (non-hydrogen) atoms. The molecule has 0 bridgehead atoms. The van der Waals surface area contributed by atoms with E-state index in [1.807, 2.05) is 12.1 Å². The molecule has 3 nitrogen and oxygen atoms in total. The molecule has 0 aromatic heterocycles. The molecule has 1 saturated heterocycles. The summed E-state index contributed by atoms with van der Waals surface area (Å²) in [6, 6.07) is 5.51. The van der Waals surface area contributed by atoms with E-state index in [1.54, 1.807) is 6.07 Å². The van der Waals surface area contributed by atoms with E-state index in [0.717, 1.165) is 31.5 Å². The molecule has 2 rings (SSSR count). The van der Waals surface area contributed by atoms with Crippen molar-refractivity contribution in [2.45, 2.75) is 45.7 Å². The molecule has 0 aliphatic carbocycles. The number of nitrogens with one attached hydrogen (secondary N) is 1. The number of rotatable bonds is 4. The first kappa shape index (κ1) is 16.2. The number of hydrogen-bond donors (Lipinski definition) is 2. The number of anilines is 1. The van der Waals surface area contributed by atoms with Gasteiger partial charge < -0.3 is 15.3 Å². The first-order valence-corrected chi connectivity index (χ1v) is 7.78. The second kappa shape index (κ2) is 6.75. The minimum Gasteiger partial charge on any atom is -0.396 e. The minimum atomic E-state index is -0.148. The monoisotopic (exact) mass is 294 g/mol. The standard InChI is InChI=1S/C17H27FN2O/c1-17(2,3)19-11-14-4-5-16(15(18)10-14)20-8-6-13(12-21)7-9-20/h4-5,10,13,19,21H,6-9,11-12H2,1-3H3. The predicted octanol–water partition coefficient (Wildman–Crippen LogP) is 2.92. The maximum Gasteiger partial charge on any atom is 0.146 e. The van der Waals surface area contributed by atoms with Crippen LogP contribution in [-0.4, -0.2) is 30.3 Å². The summed E-state index contributed by atoms with van der Waals surface area (Å²) >= 11 is 0. The van der Waals surface area contributed by atoms with Crippen LogP contribution in [0.25, 0.3) is 0 Å². The number of hydrogen-bond acceptors (Lipinski definition) is 3. The van der Waals surface area contributed by atoms with Crippen molar-refractivity contribution in [2.24, 2.45) is 5.92 Å². The van der Waals surface area contributed by atoms with Gasteiger partial charge in [0, 0.05) is 31.8 Å². The van der Waals surface area contributed by atoms with E-state index in [4.69, 9.17) is 5.11 Å². The van der Waals surface area contributed by atoms with Gasteiger partial charge in [-0.2, -0.15) is 0 Å². The van der Waals surface area contributed by atoms with E-state index in [1.165, 1.54) is 0 Å². The summed E-state index contributed by atoms with van der Waals surface area (Å²) in [5, 5.41) is 12.5. The molecule has 1 fully saturated rings. The Morgan fingerprint density at radius 1 is 1.29 bits per heavy atom. The first-order valence-electron chi connectivity index (χ1n) is 7.78. The number of halogens is 1. The smallest absolute Gasteiger partial charge is 0.146 e. The van der Waals surface area contributed by atoms with Gasteiger partial charge in [-0.3, -0.25) is 0 Å². The Kier molecular flexibility index (Phi) is 5.22. The van der Waals surface area contributed by atoms with Crippen molar-refractivity contribution in [3.05, 3.63) is 29.6 Å². The fourth-order valence-corrected chi connectivity index (χ4v) is 2.64. The Morgan fingerprint density at radius 2 is 1.95 bits per heavy atom. The summed E-state index contributed by atoms with van der Waals surface area (Å²) < 4.78 is 14.3. The Balaban J connectivity index is 1.99. The molecular formula is C17H27FN2O. The van der Waals surface area contributed by atoms with Crippen molar-refractivity contribution < 1.29 is 9.50 Å². The third-order valence-electron chi connectivity index (χ3n) is 4.05. The van der Waals surface area contributed by atoms with Crippen LogP contribution in [0.15, 0.2) is 18.2 Å². The second-order valence-electron chi connectivity index (χ2n) is 7.00. The lowest BCUT2D eigenvalue weighted by Crippen LogP contribution is -2.36. The van der Waals surface area contributed by atoms with Crippen LogP contribution in [0.1, 0.15) is 39.2 Å². The van der Waals surface area contributed by atoms with Gasteiger partial charge in [0.15, 0.2) is 0 Å². The molecular weight excluding hydrogens is 267 g/mol. The number of benzene rings is 1. The van der Waals surface area contributed by atoms with E-state index < -0.39 is 0 Å². The van der Waals surface area contributed by atoms with Gasteiger partial charge in [0.2, 0.25) is 0 Å². The average Bonchev–Trinajstić information content (AvgIpc) is 2.45. The quantitative estimate of drug-likeness (QED) is 0.896. The zero-order valence-electron chi connectivity index (χ0n) is 13.3. The molecule has 1 heterocycles. The van der Waals surface area contributed by atoms with Gasteiger partial charge in [-0.25, -0.2) is 4.39 Å². The predicted molar refractivity (Wildman–Crippen MR) is 85.0 cm³/mol. The highest BCUT2D eigenvalue weighted by Gasteiger charge is 2.21. The second-order valence-corrected chi connectivity index (χ2v) is 7.00. The highest BCUT2D eigenvalue weighted by Crippen LogP contribution is 2.26. The van der Waals surface area contributed by atoms with E-state index in [0.29, 0.717) is 18.2 Å². The van der Waals surface area contributed by atoms with Crippen molar-refractivity contribution in [3.8, 4) is 0 Å². The SMILES string of the molecule is CC(C)(C)NCc1ccc(N2CCC(CO)CC2)c(F)c1. The molecule has 1 aromatic rings. The van der Waals surface area contributed by atoms with Gasteiger partial charge in [-0.1, -0.05) is 6.07 Å². The van der Waals surface area contributed by atoms with Crippen molar-refractivity contribution in [1.29, 1.82) is 0 Å². The summed E-state index contributed by atoms with van der Waals surface area (Å²) in [5.74, 6) is 0.227. The highest BCUT2D eigenvalue weighted by molar-refractivity contribution is 5.49. The molecule has 2 N–H and O–H groups in total.